The summed E-state index contributed by atoms with van der Waals surface area (Å²) >= 11 is 0. The maximum atomic E-state index is 12.2. The van der Waals surface area contributed by atoms with Crippen molar-refractivity contribution in [2.75, 3.05) is 32.0 Å². The maximum absolute atomic E-state index is 12.2. The van der Waals surface area contributed by atoms with Crippen LogP contribution in [0.1, 0.15) is 25.7 Å². The Hall–Kier alpha value is -2.24. The van der Waals surface area contributed by atoms with Gasteiger partial charge in [-0.2, -0.15) is 0 Å². The highest BCUT2D eigenvalue weighted by molar-refractivity contribution is 5.90. The molecule has 27 heavy (non-hydrogen) atoms. The summed E-state index contributed by atoms with van der Waals surface area (Å²) in [5.41, 5.74) is 3.04. The number of carbonyl (C=O) groups is 1. The van der Waals surface area contributed by atoms with Gasteiger partial charge in [-0.05, 0) is 62.2 Å². The van der Waals surface area contributed by atoms with Crippen LogP contribution in [0.2, 0.25) is 0 Å². The molecule has 3 heterocycles. The van der Waals surface area contributed by atoms with Gasteiger partial charge in [0.25, 0.3) is 0 Å². The van der Waals surface area contributed by atoms with Crippen LogP contribution in [-0.2, 0) is 4.79 Å². The molecule has 1 aromatic carbocycles. The zero-order chi connectivity index (χ0) is 18.6. The predicted octanol–water partition coefficient (Wildman–Crippen LogP) is 3.25. The second-order valence-electron chi connectivity index (χ2n) is 7.80. The van der Waals surface area contributed by atoms with Crippen molar-refractivity contribution in [3.05, 3.63) is 48.8 Å². The van der Waals surface area contributed by atoms with Gasteiger partial charge in [0.15, 0.2) is 0 Å². The second kappa shape index (κ2) is 8.19. The highest BCUT2D eigenvalue weighted by Crippen LogP contribution is 2.29. The van der Waals surface area contributed by atoms with E-state index in [-0.39, 0.29) is 5.91 Å². The van der Waals surface area contributed by atoms with Crippen LogP contribution in [0.4, 0.5) is 5.69 Å². The highest BCUT2D eigenvalue weighted by atomic mass is 16.1. The topological polar surface area (TPSA) is 48.5 Å². The summed E-state index contributed by atoms with van der Waals surface area (Å²) < 4.78 is 0. The number of anilines is 1. The molecular formula is C22H28N4O. The Bertz CT molecular complexity index is 760. The number of hydrogen-bond donors (Lipinski definition) is 1. The Labute approximate surface area is 161 Å². The SMILES string of the molecule is CN1C[C@@H]2C[C@H]1CN2CCCCC(=O)Nc1ccc(-c2cccnc2)cc1. The minimum absolute atomic E-state index is 0.104. The molecule has 2 aromatic rings. The van der Waals surface area contributed by atoms with Gasteiger partial charge >= 0.3 is 0 Å². The van der Waals surface area contributed by atoms with E-state index in [1.807, 2.05) is 42.6 Å². The Morgan fingerprint density at radius 3 is 2.63 bits per heavy atom. The number of aromatic nitrogens is 1. The van der Waals surface area contributed by atoms with E-state index in [2.05, 4.69) is 27.1 Å². The van der Waals surface area contributed by atoms with Crippen LogP contribution in [0.15, 0.2) is 48.8 Å². The summed E-state index contributed by atoms with van der Waals surface area (Å²) in [5.74, 6) is 0.104. The van der Waals surface area contributed by atoms with Crippen molar-refractivity contribution in [2.45, 2.75) is 37.8 Å². The molecule has 1 aromatic heterocycles. The molecule has 5 nitrogen and oxygen atoms in total. The van der Waals surface area contributed by atoms with Crippen molar-refractivity contribution in [2.24, 2.45) is 0 Å². The van der Waals surface area contributed by atoms with E-state index in [1.54, 1.807) is 6.20 Å². The van der Waals surface area contributed by atoms with Crippen molar-refractivity contribution in [3.8, 4) is 11.1 Å². The normalized spacial score (nSPS) is 22.3. The molecule has 0 saturated carbocycles. The molecule has 2 aliphatic heterocycles. The molecule has 0 aliphatic carbocycles. The minimum atomic E-state index is 0.104. The number of amides is 1. The van der Waals surface area contributed by atoms with Crippen LogP contribution in [0.25, 0.3) is 11.1 Å². The molecule has 2 aliphatic rings. The van der Waals surface area contributed by atoms with Gasteiger partial charge < -0.3 is 10.2 Å². The van der Waals surface area contributed by atoms with Gasteiger partial charge in [-0.1, -0.05) is 18.2 Å². The van der Waals surface area contributed by atoms with Crippen LogP contribution < -0.4 is 5.32 Å². The van der Waals surface area contributed by atoms with Crippen molar-refractivity contribution < 1.29 is 4.79 Å². The number of carbonyl (C=O) groups excluding carboxylic acids is 1. The molecule has 0 radical (unpaired) electrons. The van der Waals surface area contributed by atoms with Crippen molar-refractivity contribution in [1.29, 1.82) is 0 Å². The van der Waals surface area contributed by atoms with Crippen molar-refractivity contribution in [3.63, 3.8) is 0 Å². The third-order valence-electron chi connectivity index (χ3n) is 5.89. The number of nitrogens with one attached hydrogen (secondary N) is 1. The first-order valence-electron chi connectivity index (χ1n) is 9.93. The van der Waals surface area contributed by atoms with Crippen LogP contribution in [0.3, 0.4) is 0 Å². The van der Waals surface area contributed by atoms with E-state index in [4.69, 9.17) is 0 Å². The zero-order valence-corrected chi connectivity index (χ0v) is 16.0. The number of benzene rings is 1. The van der Waals surface area contributed by atoms with Crippen LogP contribution in [-0.4, -0.2) is 59.5 Å². The van der Waals surface area contributed by atoms with E-state index in [0.717, 1.165) is 48.3 Å². The van der Waals surface area contributed by atoms with Gasteiger partial charge in [0.2, 0.25) is 5.91 Å². The minimum Gasteiger partial charge on any atom is -0.326 e. The van der Waals surface area contributed by atoms with E-state index in [1.165, 1.54) is 19.5 Å². The first kappa shape index (κ1) is 18.1. The lowest BCUT2D eigenvalue weighted by molar-refractivity contribution is -0.116. The second-order valence-corrected chi connectivity index (χ2v) is 7.80. The van der Waals surface area contributed by atoms with Gasteiger partial charge in [-0.15, -0.1) is 0 Å². The maximum Gasteiger partial charge on any atom is 0.224 e. The molecule has 2 bridgehead atoms. The molecule has 142 valence electrons. The average molecular weight is 364 g/mol. The molecule has 0 unspecified atom stereocenters. The largest absolute Gasteiger partial charge is 0.326 e. The summed E-state index contributed by atoms with van der Waals surface area (Å²) in [6.45, 7) is 3.54. The summed E-state index contributed by atoms with van der Waals surface area (Å²) in [6, 6.07) is 13.4. The molecule has 1 amide bonds. The lowest BCUT2D eigenvalue weighted by Crippen LogP contribution is -2.44. The van der Waals surface area contributed by atoms with Gasteiger partial charge in [0, 0.05) is 49.7 Å². The average Bonchev–Trinajstić information content (AvgIpc) is 3.26. The Balaban J connectivity index is 1.17. The number of likely N-dealkylation sites (N-methyl/N-ethyl adjacent to an activating group) is 1. The Morgan fingerprint density at radius 2 is 1.96 bits per heavy atom. The number of unbranched alkanes of at least 4 members (excludes halogenated alkanes) is 1. The van der Waals surface area contributed by atoms with Gasteiger partial charge in [-0.25, -0.2) is 0 Å². The lowest BCUT2D eigenvalue weighted by atomic mass is 10.1. The number of hydrogen-bond acceptors (Lipinski definition) is 4. The summed E-state index contributed by atoms with van der Waals surface area (Å²) in [5, 5.41) is 3.01. The van der Waals surface area contributed by atoms with E-state index in [0.29, 0.717) is 6.42 Å². The third-order valence-corrected chi connectivity index (χ3v) is 5.89. The molecule has 2 fully saturated rings. The predicted molar refractivity (Wildman–Crippen MR) is 109 cm³/mol. The van der Waals surface area contributed by atoms with Crippen LogP contribution >= 0.6 is 0 Å². The first-order chi connectivity index (χ1) is 13.2. The number of nitrogens with zero attached hydrogens (tertiary/aromatic N) is 3. The van der Waals surface area contributed by atoms with E-state index >= 15 is 0 Å². The number of rotatable bonds is 7. The number of pyridine rings is 1. The van der Waals surface area contributed by atoms with Gasteiger partial charge in [0.05, 0.1) is 0 Å². The highest BCUT2D eigenvalue weighted by Gasteiger charge is 2.40. The molecule has 4 rings (SSSR count). The monoisotopic (exact) mass is 364 g/mol. The fourth-order valence-electron chi connectivity index (χ4n) is 4.33. The molecular weight excluding hydrogens is 336 g/mol. The molecule has 5 heteroatoms. The molecule has 1 N–H and O–H groups in total. The summed E-state index contributed by atoms with van der Waals surface area (Å²) in [4.78, 5) is 21.4. The first-order valence-corrected chi connectivity index (χ1v) is 9.93. The molecule has 2 atom stereocenters. The van der Waals surface area contributed by atoms with E-state index in [9.17, 15) is 4.79 Å². The fourth-order valence-corrected chi connectivity index (χ4v) is 4.33. The number of piperazine rings is 1. The standard InChI is InChI=1S/C22H28N4O/c1-25-15-21-13-20(25)16-26(21)12-3-2-6-22(27)24-19-9-7-17(8-10-19)18-5-4-11-23-14-18/h4-5,7-11,14,20-21H,2-3,6,12-13,15-16H2,1H3,(H,24,27)/t20-,21-/m0/s1. The van der Waals surface area contributed by atoms with Crippen molar-refractivity contribution in [1.82, 2.24) is 14.8 Å². The fraction of sp³-hybridized carbons (Fsp3) is 0.455. The zero-order valence-electron chi connectivity index (χ0n) is 16.0. The van der Waals surface area contributed by atoms with Gasteiger partial charge in [-0.3, -0.25) is 14.7 Å². The summed E-state index contributed by atoms with van der Waals surface area (Å²) in [7, 11) is 2.23. The quantitative estimate of drug-likeness (QED) is 0.766. The number of fused-ring (bicyclic) bond motifs is 2. The third kappa shape index (κ3) is 4.37. The van der Waals surface area contributed by atoms with Crippen molar-refractivity contribution >= 4 is 11.6 Å². The smallest absolute Gasteiger partial charge is 0.224 e. The van der Waals surface area contributed by atoms with Crippen LogP contribution in [0, 0.1) is 0 Å². The summed E-state index contributed by atoms with van der Waals surface area (Å²) in [6.07, 6.45) is 7.57. The molecule has 0 spiro atoms. The Morgan fingerprint density at radius 1 is 1.11 bits per heavy atom. The number of likely N-dealkylation sites (tertiary alicyclic amines) is 2. The lowest BCUT2D eigenvalue weighted by Gasteiger charge is -2.31. The Kier molecular flexibility index (Phi) is 5.50. The van der Waals surface area contributed by atoms with Gasteiger partial charge in [0.1, 0.15) is 0 Å². The van der Waals surface area contributed by atoms with E-state index < -0.39 is 0 Å². The molecule has 2 saturated heterocycles. The van der Waals surface area contributed by atoms with Crippen LogP contribution in [0.5, 0.6) is 0 Å².